The van der Waals surface area contributed by atoms with Gasteiger partial charge in [-0.2, -0.15) is 0 Å². The Labute approximate surface area is 135 Å². The summed E-state index contributed by atoms with van der Waals surface area (Å²) in [4.78, 5) is 14.8. The van der Waals surface area contributed by atoms with Crippen molar-refractivity contribution < 1.29 is 13.2 Å². The Morgan fingerprint density at radius 2 is 1.74 bits per heavy atom. The Morgan fingerprint density at radius 1 is 1.09 bits per heavy atom. The lowest BCUT2D eigenvalue weighted by Crippen LogP contribution is -2.47. The molecule has 1 atom stereocenters. The number of hydrogen-bond donors (Lipinski definition) is 0. The van der Waals surface area contributed by atoms with Crippen LogP contribution in [0.15, 0.2) is 41.3 Å². The molecule has 0 aromatic heterocycles. The van der Waals surface area contributed by atoms with Crippen molar-refractivity contribution >= 4 is 32.4 Å². The van der Waals surface area contributed by atoms with Crippen LogP contribution >= 0.6 is 0 Å². The summed E-state index contributed by atoms with van der Waals surface area (Å²) in [5.41, 5.74) is 0.609. The third-order valence-corrected chi connectivity index (χ3v) is 6.67. The van der Waals surface area contributed by atoms with Gasteiger partial charge in [0.25, 0.3) is 10.0 Å². The maximum absolute atomic E-state index is 13.0. The van der Waals surface area contributed by atoms with E-state index >= 15 is 0 Å². The van der Waals surface area contributed by atoms with Crippen molar-refractivity contribution in [3.05, 3.63) is 36.4 Å². The zero-order valence-electron chi connectivity index (χ0n) is 12.9. The van der Waals surface area contributed by atoms with Crippen molar-refractivity contribution in [3.8, 4) is 0 Å². The SMILES string of the molecule is C[C@H](C(=O)N1CCCC1)N1c2cccc3cccc(c23)S1(=O)=O. The first kappa shape index (κ1) is 14.5. The minimum atomic E-state index is -3.69. The molecule has 0 N–H and O–H groups in total. The van der Waals surface area contributed by atoms with Gasteiger partial charge in [0, 0.05) is 18.5 Å². The van der Waals surface area contributed by atoms with E-state index in [2.05, 4.69) is 0 Å². The average molecular weight is 330 g/mol. The summed E-state index contributed by atoms with van der Waals surface area (Å²) in [7, 11) is -3.69. The zero-order valence-corrected chi connectivity index (χ0v) is 13.7. The van der Waals surface area contributed by atoms with Gasteiger partial charge in [-0.05, 0) is 37.3 Å². The summed E-state index contributed by atoms with van der Waals surface area (Å²) >= 11 is 0. The maximum Gasteiger partial charge on any atom is 0.265 e. The second-order valence-electron chi connectivity index (χ2n) is 6.14. The summed E-state index contributed by atoms with van der Waals surface area (Å²) in [6.07, 6.45) is 1.97. The smallest absolute Gasteiger partial charge is 0.265 e. The largest absolute Gasteiger partial charge is 0.341 e. The standard InChI is InChI=1S/C17H18N2O3S/c1-12(17(20)18-10-2-3-11-18)19-14-8-4-6-13-7-5-9-15(16(13)14)23(19,21)22/h4-9,12H,2-3,10-11H2,1H3/t12-/m1/s1. The Balaban J connectivity index is 1.84. The van der Waals surface area contributed by atoms with E-state index in [-0.39, 0.29) is 5.91 Å². The lowest BCUT2D eigenvalue weighted by Gasteiger charge is -2.28. The molecule has 1 saturated heterocycles. The number of amides is 1. The molecule has 2 aliphatic heterocycles. The number of anilines is 1. The highest BCUT2D eigenvalue weighted by Crippen LogP contribution is 2.43. The second kappa shape index (κ2) is 4.96. The first-order valence-corrected chi connectivity index (χ1v) is 9.31. The van der Waals surface area contributed by atoms with Crippen LogP contribution in [0.4, 0.5) is 5.69 Å². The van der Waals surface area contributed by atoms with Crippen LogP contribution in [0.25, 0.3) is 10.8 Å². The summed E-state index contributed by atoms with van der Waals surface area (Å²) in [5, 5.41) is 1.60. The van der Waals surface area contributed by atoms with Crippen LogP contribution in [-0.4, -0.2) is 38.4 Å². The minimum absolute atomic E-state index is 0.115. The van der Waals surface area contributed by atoms with Crippen LogP contribution in [0.5, 0.6) is 0 Å². The van der Waals surface area contributed by atoms with Gasteiger partial charge in [-0.1, -0.05) is 24.3 Å². The van der Waals surface area contributed by atoms with Gasteiger partial charge >= 0.3 is 0 Å². The van der Waals surface area contributed by atoms with Crippen LogP contribution in [0.1, 0.15) is 19.8 Å². The molecule has 1 fully saturated rings. The summed E-state index contributed by atoms with van der Waals surface area (Å²) in [6.45, 7) is 3.12. The molecule has 0 bridgehead atoms. The fourth-order valence-electron chi connectivity index (χ4n) is 3.64. The van der Waals surface area contributed by atoms with Gasteiger partial charge in [0.1, 0.15) is 6.04 Å². The molecule has 2 aliphatic rings. The van der Waals surface area contributed by atoms with Gasteiger partial charge in [-0.3, -0.25) is 9.10 Å². The minimum Gasteiger partial charge on any atom is -0.341 e. The van der Waals surface area contributed by atoms with Gasteiger partial charge in [-0.25, -0.2) is 8.42 Å². The molecule has 6 heteroatoms. The molecule has 120 valence electrons. The topological polar surface area (TPSA) is 57.7 Å². The molecule has 0 aliphatic carbocycles. The molecule has 2 heterocycles. The van der Waals surface area contributed by atoms with Crippen LogP contribution in [0.3, 0.4) is 0 Å². The zero-order chi connectivity index (χ0) is 16.2. The molecule has 0 radical (unpaired) electrons. The molecule has 23 heavy (non-hydrogen) atoms. The number of benzene rings is 2. The summed E-state index contributed by atoms with van der Waals surface area (Å²) in [5.74, 6) is -0.115. The van der Waals surface area contributed by atoms with Crippen LogP contribution in [0.2, 0.25) is 0 Å². The van der Waals surface area contributed by atoms with Gasteiger partial charge in [0.15, 0.2) is 0 Å². The van der Waals surface area contributed by atoms with E-state index in [4.69, 9.17) is 0 Å². The Kier molecular flexibility index (Phi) is 3.13. The molecule has 0 saturated carbocycles. The van der Waals surface area contributed by atoms with Gasteiger partial charge in [0.05, 0.1) is 10.6 Å². The van der Waals surface area contributed by atoms with Crippen LogP contribution in [0, 0.1) is 0 Å². The van der Waals surface area contributed by atoms with E-state index in [1.54, 1.807) is 30.0 Å². The molecule has 1 amide bonds. The van der Waals surface area contributed by atoms with Crippen molar-refractivity contribution in [2.24, 2.45) is 0 Å². The Morgan fingerprint density at radius 3 is 2.43 bits per heavy atom. The quantitative estimate of drug-likeness (QED) is 0.849. The number of carbonyl (C=O) groups is 1. The first-order valence-electron chi connectivity index (χ1n) is 7.87. The van der Waals surface area contributed by atoms with Crippen molar-refractivity contribution in [2.75, 3.05) is 17.4 Å². The molecule has 5 nitrogen and oxygen atoms in total. The fraction of sp³-hybridized carbons (Fsp3) is 0.353. The monoisotopic (exact) mass is 330 g/mol. The third-order valence-electron chi connectivity index (χ3n) is 4.75. The van der Waals surface area contributed by atoms with Crippen molar-refractivity contribution in [1.82, 2.24) is 4.90 Å². The Hall–Kier alpha value is -2.08. The molecule has 2 aromatic rings. The van der Waals surface area contributed by atoms with Gasteiger partial charge < -0.3 is 4.90 Å². The predicted molar refractivity (Wildman–Crippen MR) is 88.9 cm³/mol. The van der Waals surface area contributed by atoms with Crippen LogP contribution < -0.4 is 4.31 Å². The first-order chi connectivity index (χ1) is 11.0. The van der Waals surface area contributed by atoms with E-state index in [0.717, 1.165) is 23.6 Å². The number of sulfonamides is 1. The Bertz CT molecular complexity index is 896. The molecular weight excluding hydrogens is 312 g/mol. The number of rotatable bonds is 2. The molecule has 0 spiro atoms. The highest BCUT2D eigenvalue weighted by atomic mass is 32.2. The maximum atomic E-state index is 13.0. The highest BCUT2D eigenvalue weighted by Gasteiger charge is 2.42. The number of hydrogen-bond acceptors (Lipinski definition) is 3. The van der Waals surface area contributed by atoms with E-state index in [0.29, 0.717) is 23.7 Å². The van der Waals surface area contributed by atoms with Crippen LogP contribution in [-0.2, 0) is 14.8 Å². The van der Waals surface area contributed by atoms with Gasteiger partial charge in [-0.15, -0.1) is 0 Å². The van der Waals surface area contributed by atoms with Gasteiger partial charge in [0.2, 0.25) is 5.91 Å². The predicted octanol–water partition coefficient (Wildman–Crippen LogP) is 2.36. The van der Waals surface area contributed by atoms with E-state index < -0.39 is 16.1 Å². The van der Waals surface area contributed by atoms with Crippen molar-refractivity contribution in [2.45, 2.75) is 30.7 Å². The number of likely N-dealkylation sites (tertiary alicyclic amines) is 1. The van der Waals surface area contributed by atoms with E-state index in [9.17, 15) is 13.2 Å². The van der Waals surface area contributed by atoms with Crippen molar-refractivity contribution in [1.29, 1.82) is 0 Å². The lowest BCUT2D eigenvalue weighted by molar-refractivity contribution is -0.130. The molecule has 0 unspecified atom stereocenters. The number of carbonyl (C=O) groups excluding carboxylic acids is 1. The molecular formula is C17H18N2O3S. The van der Waals surface area contributed by atoms with Crippen molar-refractivity contribution in [3.63, 3.8) is 0 Å². The van der Waals surface area contributed by atoms with E-state index in [1.807, 2.05) is 18.2 Å². The fourth-order valence-corrected chi connectivity index (χ4v) is 5.50. The second-order valence-corrected chi connectivity index (χ2v) is 7.92. The average Bonchev–Trinajstić information content (AvgIpc) is 3.14. The normalized spacial score (nSPS) is 20.2. The highest BCUT2D eigenvalue weighted by molar-refractivity contribution is 7.93. The third kappa shape index (κ3) is 1.97. The molecule has 2 aromatic carbocycles. The molecule has 4 rings (SSSR count). The van der Waals surface area contributed by atoms with E-state index in [1.165, 1.54) is 4.31 Å². The summed E-state index contributed by atoms with van der Waals surface area (Å²) < 4.78 is 27.3. The summed E-state index contributed by atoms with van der Waals surface area (Å²) in [6, 6.07) is 10.1. The lowest BCUT2D eigenvalue weighted by atomic mass is 10.1. The number of nitrogens with zero attached hydrogens (tertiary/aromatic N) is 2.